The van der Waals surface area contributed by atoms with Crippen molar-refractivity contribution in [2.75, 3.05) is 7.11 Å². The molecular formula is C14H13N3O2. The van der Waals surface area contributed by atoms with Gasteiger partial charge in [0.2, 0.25) is 5.88 Å². The molecule has 3 rings (SSSR count). The Balaban J connectivity index is 2.21. The molecule has 0 unspecified atom stereocenters. The Kier molecular flexibility index (Phi) is 2.89. The van der Waals surface area contributed by atoms with Crippen LogP contribution in [0.25, 0.3) is 22.2 Å². The highest BCUT2D eigenvalue weighted by Gasteiger charge is 2.13. The van der Waals surface area contributed by atoms with E-state index >= 15 is 0 Å². The van der Waals surface area contributed by atoms with Crippen molar-refractivity contribution < 1.29 is 9.84 Å². The SMILES string of the molecule is COc1ccc(-c2c(CO)[nH]c3ncccc23)cn1. The second-order valence-corrected chi connectivity index (χ2v) is 4.13. The van der Waals surface area contributed by atoms with Gasteiger partial charge in [-0.1, -0.05) is 0 Å². The monoisotopic (exact) mass is 255 g/mol. The van der Waals surface area contributed by atoms with Crippen LogP contribution < -0.4 is 4.74 Å². The van der Waals surface area contributed by atoms with Crippen molar-refractivity contribution in [3.63, 3.8) is 0 Å². The Morgan fingerprint density at radius 2 is 2.16 bits per heavy atom. The van der Waals surface area contributed by atoms with E-state index in [1.807, 2.05) is 18.2 Å². The number of nitrogens with zero attached hydrogens (tertiary/aromatic N) is 2. The smallest absolute Gasteiger partial charge is 0.212 e. The summed E-state index contributed by atoms with van der Waals surface area (Å²) >= 11 is 0. The van der Waals surface area contributed by atoms with E-state index in [-0.39, 0.29) is 6.61 Å². The predicted octanol–water partition coefficient (Wildman–Crippen LogP) is 2.13. The van der Waals surface area contributed by atoms with Gasteiger partial charge in [0.05, 0.1) is 19.4 Å². The van der Waals surface area contributed by atoms with E-state index in [4.69, 9.17) is 4.74 Å². The van der Waals surface area contributed by atoms with E-state index in [9.17, 15) is 5.11 Å². The van der Waals surface area contributed by atoms with Crippen molar-refractivity contribution in [3.8, 4) is 17.0 Å². The van der Waals surface area contributed by atoms with E-state index in [0.29, 0.717) is 5.88 Å². The van der Waals surface area contributed by atoms with Gasteiger partial charge in [-0.25, -0.2) is 9.97 Å². The summed E-state index contributed by atoms with van der Waals surface area (Å²) in [6.07, 6.45) is 3.45. The zero-order valence-corrected chi connectivity index (χ0v) is 10.4. The first-order valence-corrected chi connectivity index (χ1v) is 5.90. The molecule has 0 bridgehead atoms. The zero-order chi connectivity index (χ0) is 13.2. The van der Waals surface area contributed by atoms with Crippen molar-refractivity contribution in [3.05, 3.63) is 42.4 Å². The molecule has 0 spiro atoms. The van der Waals surface area contributed by atoms with E-state index in [2.05, 4.69) is 15.0 Å². The second-order valence-electron chi connectivity index (χ2n) is 4.13. The third kappa shape index (κ3) is 1.94. The average molecular weight is 255 g/mol. The lowest BCUT2D eigenvalue weighted by Gasteiger charge is -2.04. The van der Waals surface area contributed by atoms with Crippen LogP contribution in [0.3, 0.4) is 0 Å². The largest absolute Gasteiger partial charge is 0.481 e. The normalized spacial score (nSPS) is 10.8. The number of H-pyrrole nitrogens is 1. The molecule has 0 atom stereocenters. The van der Waals surface area contributed by atoms with Gasteiger partial charge in [-0.2, -0.15) is 0 Å². The van der Waals surface area contributed by atoms with Gasteiger partial charge < -0.3 is 14.8 Å². The lowest BCUT2D eigenvalue weighted by Crippen LogP contribution is -1.90. The van der Waals surface area contributed by atoms with Crippen LogP contribution in [-0.4, -0.2) is 27.2 Å². The third-order valence-electron chi connectivity index (χ3n) is 3.04. The van der Waals surface area contributed by atoms with Gasteiger partial charge in [-0.05, 0) is 18.2 Å². The molecule has 3 aromatic heterocycles. The van der Waals surface area contributed by atoms with E-state index in [1.54, 1.807) is 25.6 Å². The second kappa shape index (κ2) is 4.70. The number of methoxy groups -OCH3 is 1. The van der Waals surface area contributed by atoms with Crippen molar-refractivity contribution >= 4 is 11.0 Å². The summed E-state index contributed by atoms with van der Waals surface area (Å²) < 4.78 is 5.05. The van der Waals surface area contributed by atoms with Crippen LogP contribution in [0.15, 0.2) is 36.7 Å². The molecule has 0 aliphatic heterocycles. The Hall–Kier alpha value is -2.40. The molecule has 0 aliphatic carbocycles. The van der Waals surface area contributed by atoms with Gasteiger partial charge in [-0.15, -0.1) is 0 Å². The van der Waals surface area contributed by atoms with Crippen LogP contribution in [0, 0.1) is 0 Å². The summed E-state index contributed by atoms with van der Waals surface area (Å²) in [5.41, 5.74) is 3.35. The molecular weight excluding hydrogens is 242 g/mol. The highest BCUT2D eigenvalue weighted by Crippen LogP contribution is 2.31. The lowest BCUT2D eigenvalue weighted by atomic mass is 10.1. The molecule has 0 saturated heterocycles. The first kappa shape index (κ1) is 11.7. The number of nitrogens with one attached hydrogen (secondary N) is 1. The van der Waals surface area contributed by atoms with Gasteiger partial charge in [0, 0.05) is 35.0 Å². The summed E-state index contributed by atoms with van der Waals surface area (Å²) in [4.78, 5) is 11.6. The topological polar surface area (TPSA) is 71.0 Å². The molecule has 5 nitrogen and oxygen atoms in total. The number of ether oxygens (including phenoxy) is 1. The molecule has 19 heavy (non-hydrogen) atoms. The third-order valence-corrected chi connectivity index (χ3v) is 3.04. The van der Waals surface area contributed by atoms with Crippen molar-refractivity contribution in [2.45, 2.75) is 6.61 Å². The van der Waals surface area contributed by atoms with Gasteiger partial charge in [-0.3, -0.25) is 0 Å². The van der Waals surface area contributed by atoms with Gasteiger partial charge in [0.1, 0.15) is 5.65 Å². The molecule has 3 heterocycles. The van der Waals surface area contributed by atoms with Crippen LogP contribution >= 0.6 is 0 Å². The quantitative estimate of drug-likeness (QED) is 0.752. The summed E-state index contributed by atoms with van der Waals surface area (Å²) in [6, 6.07) is 7.56. The van der Waals surface area contributed by atoms with Crippen LogP contribution in [0.1, 0.15) is 5.69 Å². The molecule has 2 N–H and O–H groups in total. The number of rotatable bonds is 3. The molecule has 0 amide bonds. The summed E-state index contributed by atoms with van der Waals surface area (Å²) in [5.74, 6) is 0.562. The molecule has 96 valence electrons. The summed E-state index contributed by atoms with van der Waals surface area (Å²) in [6.45, 7) is -0.0717. The van der Waals surface area contributed by atoms with Gasteiger partial charge in [0.25, 0.3) is 0 Å². The molecule has 3 aromatic rings. The lowest BCUT2D eigenvalue weighted by molar-refractivity contribution is 0.278. The average Bonchev–Trinajstić information content (AvgIpc) is 2.86. The van der Waals surface area contributed by atoms with Crippen LogP contribution in [0.5, 0.6) is 5.88 Å². The zero-order valence-electron chi connectivity index (χ0n) is 10.4. The highest BCUT2D eigenvalue weighted by molar-refractivity contribution is 5.95. The maximum Gasteiger partial charge on any atom is 0.212 e. The van der Waals surface area contributed by atoms with E-state index in [0.717, 1.165) is 27.9 Å². The Morgan fingerprint density at radius 3 is 2.84 bits per heavy atom. The molecule has 5 heteroatoms. The number of hydrogen-bond acceptors (Lipinski definition) is 4. The standard InChI is InChI=1S/C14H13N3O2/c1-19-12-5-4-9(7-16-12)13-10-3-2-6-15-14(10)17-11(13)8-18/h2-7,18H,8H2,1H3,(H,15,17). The number of aliphatic hydroxyl groups is 1. The number of aliphatic hydroxyl groups excluding tert-OH is 1. The first-order chi connectivity index (χ1) is 9.33. The summed E-state index contributed by atoms with van der Waals surface area (Å²) in [7, 11) is 1.58. The fraction of sp³-hybridized carbons (Fsp3) is 0.143. The fourth-order valence-electron chi connectivity index (χ4n) is 2.17. The number of aromatic nitrogens is 3. The molecule has 0 aliphatic rings. The van der Waals surface area contributed by atoms with Crippen molar-refractivity contribution in [1.29, 1.82) is 0 Å². The number of fused-ring (bicyclic) bond motifs is 1. The maximum absolute atomic E-state index is 9.48. The van der Waals surface area contributed by atoms with E-state index in [1.165, 1.54) is 0 Å². The Bertz CT molecular complexity index is 704. The molecule has 0 fully saturated rings. The minimum absolute atomic E-state index is 0.0717. The minimum Gasteiger partial charge on any atom is -0.481 e. The maximum atomic E-state index is 9.48. The van der Waals surface area contributed by atoms with Crippen LogP contribution in [0.4, 0.5) is 0 Å². The number of hydrogen-bond donors (Lipinski definition) is 2. The summed E-state index contributed by atoms with van der Waals surface area (Å²) in [5, 5.41) is 10.4. The minimum atomic E-state index is -0.0717. The van der Waals surface area contributed by atoms with Gasteiger partial charge >= 0.3 is 0 Å². The van der Waals surface area contributed by atoms with Crippen molar-refractivity contribution in [2.24, 2.45) is 0 Å². The fourth-order valence-corrected chi connectivity index (χ4v) is 2.17. The predicted molar refractivity (Wildman–Crippen MR) is 71.8 cm³/mol. The number of pyridine rings is 2. The first-order valence-electron chi connectivity index (χ1n) is 5.90. The Morgan fingerprint density at radius 1 is 1.26 bits per heavy atom. The van der Waals surface area contributed by atoms with Crippen LogP contribution in [0.2, 0.25) is 0 Å². The van der Waals surface area contributed by atoms with Gasteiger partial charge in [0.15, 0.2) is 0 Å². The highest BCUT2D eigenvalue weighted by atomic mass is 16.5. The number of aromatic amines is 1. The molecule has 0 saturated carbocycles. The van der Waals surface area contributed by atoms with Crippen molar-refractivity contribution in [1.82, 2.24) is 15.0 Å². The van der Waals surface area contributed by atoms with Crippen LogP contribution in [-0.2, 0) is 6.61 Å². The van der Waals surface area contributed by atoms with E-state index < -0.39 is 0 Å². The molecule has 0 radical (unpaired) electrons. The Labute approximate surface area is 109 Å². The molecule has 0 aromatic carbocycles.